The minimum atomic E-state index is -0.984. The molecule has 0 saturated carbocycles. The fraction of sp³-hybridized carbons (Fsp3) is 0.125. The van der Waals surface area contributed by atoms with Crippen LogP contribution in [0.4, 0.5) is 0 Å². The van der Waals surface area contributed by atoms with Gasteiger partial charge in [0.1, 0.15) is 11.7 Å². The topological polar surface area (TPSA) is 50.1 Å². The molecule has 0 spiro atoms. The Balaban J connectivity index is 2.41. The number of halogens is 2. The number of ether oxygens (including phenoxy) is 1. The third-order valence-electron chi connectivity index (χ3n) is 3.02. The van der Waals surface area contributed by atoms with Gasteiger partial charge in [0.15, 0.2) is 5.78 Å². The minimum absolute atomic E-state index is 0.297. The van der Waals surface area contributed by atoms with Gasteiger partial charge in [-0.05, 0) is 29.8 Å². The van der Waals surface area contributed by atoms with E-state index in [0.717, 1.165) is 0 Å². The molecule has 1 atom stereocenters. The fourth-order valence-electron chi connectivity index (χ4n) is 1.95. The summed E-state index contributed by atoms with van der Waals surface area (Å²) in [6, 6.07) is 13.4. The smallest absolute Gasteiger partial charge is 0.184 e. The van der Waals surface area contributed by atoms with Crippen molar-refractivity contribution in [2.75, 3.05) is 7.11 Å². The van der Waals surface area contributed by atoms with Gasteiger partial charge < -0.3 is 4.74 Å². The van der Waals surface area contributed by atoms with Crippen LogP contribution in [0.15, 0.2) is 42.5 Å². The molecular formula is C16H11Cl2NO2. The van der Waals surface area contributed by atoms with Crippen molar-refractivity contribution in [3.8, 4) is 11.8 Å². The standard InChI is InChI=1S/C16H11Cl2NO2/c1-21-12-4-2-3-10(7-12)16(20)14(9-19)13-6-5-11(17)8-15(13)18/h2-8,14H,1H3. The summed E-state index contributed by atoms with van der Waals surface area (Å²) in [5.74, 6) is -0.762. The van der Waals surface area contributed by atoms with Crippen LogP contribution in [-0.4, -0.2) is 12.9 Å². The number of ketones is 1. The van der Waals surface area contributed by atoms with Gasteiger partial charge in [0.2, 0.25) is 0 Å². The Morgan fingerprint density at radius 3 is 2.62 bits per heavy atom. The summed E-state index contributed by atoms with van der Waals surface area (Å²) in [7, 11) is 1.52. The van der Waals surface area contributed by atoms with E-state index in [4.69, 9.17) is 27.9 Å². The average molecular weight is 320 g/mol. The molecule has 0 radical (unpaired) electrons. The molecule has 0 aliphatic carbocycles. The van der Waals surface area contributed by atoms with Crippen LogP contribution in [0.25, 0.3) is 0 Å². The van der Waals surface area contributed by atoms with E-state index >= 15 is 0 Å². The molecule has 0 N–H and O–H groups in total. The molecule has 0 amide bonds. The molecule has 0 fully saturated rings. The van der Waals surface area contributed by atoms with Crippen molar-refractivity contribution in [2.24, 2.45) is 0 Å². The number of hydrogen-bond donors (Lipinski definition) is 0. The quantitative estimate of drug-likeness (QED) is 0.780. The molecule has 0 aliphatic heterocycles. The van der Waals surface area contributed by atoms with Crippen LogP contribution >= 0.6 is 23.2 Å². The fourth-order valence-corrected chi connectivity index (χ4v) is 2.47. The minimum Gasteiger partial charge on any atom is -0.497 e. The van der Waals surface area contributed by atoms with Crippen molar-refractivity contribution in [3.05, 3.63) is 63.6 Å². The molecule has 106 valence electrons. The largest absolute Gasteiger partial charge is 0.497 e. The van der Waals surface area contributed by atoms with Crippen LogP contribution in [0.1, 0.15) is 21.8 Å². The first-order valence-electron chi connectivity index (χ1n) is 6.09. The lowest BCUT2D eigenvalue weighted by Gasteiger charge is -2.11. The van der Waals surface area contributed by atoms with E-state index < -0.39 is 5.92 Å². The molecule has 0 aliphatic rings. The lowest BCUT2D eigenvalue weighted by Crippen LogP contribution is -2.12. The molecule has 0 bridgehead atoms. The van der Waals surface area contributed by atoms with Crippen molar-refractivity contribution in [2.45, 2.75) is 5.92 Å². The van der Waals surface area contributed by atoms with Gasteiger partial charge in [-0.3, -0.25) is 4.79 Å². The Morgan fingerprint density at radius 2 is 2.00 bits per heavy atom. The molecule has 2 aromatic carbocycles. The van der Waals surface area contributed by atoms with E-state index in [2.05, 4.69) is 0 Å². The van der Waals surface area contributed by atoms with E-state index in [1.54, 1.807) is 36.4 Å². The number of carbonyl (C=O) groups is 1. The Labute approximate surface area is 132 Å². The van der Waals surface area contributed by atoms with E-state index in [1.807, 2.05) is 6.07 Å². The molecular weight excluding hydrogens is 309 g/mol. The zero-order chi connectivity index (χ0) is 15.4. The monoisotopic (exact) mass is 319 g/mol. The molecule has 0 aromatic heterocycles. The first kappa shape index (κ1) is 15.4. The van der Waals surface area contributed by atoms with Crippen LogP contribution in [0.5, 0.6) is 5.75 Å². The number of benzene rings is 2. The van der Waals surface area contributed by atoms with E-state index in [9.17, 15) is 10.1 Å². The van der Waals surface area contributed by atoms with Crippen LogP contribution in [0.2, 0.25) is 10.0 Å². The summed E-state index contributed by atoms with van der Waals surface area (Å²) < 4.78 is 5.08. The zero-order valence-electron chi connectivity index (χ0n) is 11.1. The summed E-state index contributed by atoms with van der Waals surface area (Å²) in [4.78, 5) is 12.5. The highest BCUT2D eigenvalue weighted by atomic mass is 35.5. The Bertz CT molecular complexity index is 722. The highest BCUT2D eigenvalue weighted by Gasteiger charge is 2.24. The molecule has 2 aromatic rings. The lowest BCUT2D eigenvalue weighted by atomic mass is 9.92. The van der Waals surface area contributed by atoms with Crippen LogP contribution in [0.3, 0.4) is 0 Å². The summed E-state index contributed by atoms with van der Waals surface area (Å²) in [5.41, 5.74) is 0.836. The van der Waals surface area contributed by atoms with Gasteiger partial charge in [0.25, 0.3) is 0 Å². The van der Waals surface area contributed by atoms with E-state index in [-0.39, 0.29) is 5.78 Å². The highest BCUT2D eigenvalue weighted by molar-refractivity contribution is 6.35. The molecule has 5 heteroatoms. The summed E-state index contributed by atoms with van der Waals surface area (Å²) in [6.45, 7) is 0. The zero-order valence-corrected chi connectivity index (χ0v) is 12.7. The number of nitrogens with zero attached hydrogens (tertiary/aromatic N) is 1. The second-order valence-corrected chi connectivity index (χ2v) is 5.17. The first-order chi connectivity index (χ1) is 10.1. The maximum absolute atomic E-state index is 12.5. The van der Waals surface area contributed by atoms with Gasteiger partial charge in [-0.1, -0.05) is 41.4 Å². The lowest BCUT2D eigenvalue weighted by molar-refractivity contribution is 0.0978. The van der Waals surface area contributed by atoms with Crippen molar-refractivity contribution in [1.82, 2.24) is 0 Å². The highest BCUT2D eigenvalue weighted by Crippen LogP contribution is 2.30. The third-order valence-corrected chi connectivity index (χ3v) is 3.58. The first-order valence-corrected chi connectivity index (χ1v) is 6.85. The van der Waals surface area contributed by atoms with Gasteiger partial charge in [-0.15, -0.1) is 0 Å². The Kier molecular flexibility index (Phi) is 4.85. The number of nitriles is 1. The number of Topliss-reactive ketones (excluding diaryl/α,β-unsaturated/α-hetero) is 1. The maximum atomic E-state index is 12.5. The number of rotatable bonds is 4. The van der Waals surface area contributed by atoms with Crippen molar-refractivity contribution in [1.29, 1.82) is 5.26 Å². The second-order valence-electron chi connectivity index (χ2n) is 4.32. The van der Waals surface area contributed by atoms with Gasteiger partial charge in [-0.25, -0.2) is 0 Å². The molecule has 0 saturated heterocycles. The molecule has 1 unspecified atom stereocenters. The summed E-state index contributed by atoms with van der Waals surface area (Å²) >= 11 is 11.9. The van der Waals surface area contributed by atoms with Gasteiger partial charge in [-0.2, -0.15) is 5.26 Å². The van der Waals surface area contributed by atoms with E-state index in [1.165, 1.54) is 13.2 Å². The average Bonchev–Trinajstić information content (AvgIpc) is 2.50. The third kappa shape index (κ3) is 3.36. The number of hydrogen-bond acceptors (Lipinski definition) is 3. The number of carbonyl (C=O) groups excluding carboxylic acids is 1. The van der Waals surface area contributed by atoms with Crippen molar-refractivity contribution < 1.29 is 9.53 Å². The van der Waals surface area contributed by atoms with Gasteiger partial charge in [0.05, 0.1) is 13.2 Å². The number of methoxy groups -OCH3 is 1. The second kappa shape index (κ2) is 6.62. The Hall–Kier alpha value is -2.02. The summed E-state index contributed by atoms with van der Waals surface area (Å²) in [6.07, 6.45) is 0. The maximum Gasteiger partial charge on any atom is 0.184 e. The van der Waals surface area contributed by atoms with Crippen LogP contribution in [0, 0.1) is 11.3 Å². The van der Waals surface area contributed by atoms with Crippen molar-refractivity contribution in [3.63, 3.8) is 0 Å². The van der Waals surface area contributed by atoms with Crippen LogP contribution < -0.4 is 4.74 Å². The molecule has 2 rings (SSSR count). The predicted molar refractivity (Wildman–Crippen MR) is 82.1 cm³/mol. The van der Waals surface area contributed by atoms with Crippen molar-refractivity contribution >= 4 is 29.0 Å². The van der Waals surface area contributed by atoms with Crippen LogP contribution in [-0.2, 0) is 0 Å². The predicted octanol–water partition coefficient (Wildman–Crippen LogP) is 4.49. The molecule has 21 heavy (non-hydrogen) atoms. The normalized spacial score (nSPS) is 11.5. The Morgan fingerprint density at radius 1 is 1.24 bits per heavy atom. The molecule has 0 heterocycles. The van der Waals surface area contributed by atoms with Gasteiger partial charge in [0, 0.05) is 15.6 Å². The van der Waals surface area contributed by atoms with E-state index in [0.29, 0.717) is 26.9 Å². The van der Waals surface area contributed by atoms with Gasteiger partial charge >= 0.3 is 0 Å². The SMILES string of the molecule is COc1cccc(C(=O)C(C#N)c2ccc(Cl)cc2Cl)c1. The molecule has 3 nitrogen and oxygen atoms in total. The summed E-state index contributed by atoms with van der Waals surface area (Å²) in [5, 5.41) is 10.1.